The van der Waals surface area contributed by atoms with Gasteiger partial charge in [-0.05, 0) is 38.3 Å². The van der Waals surface area contributed by atoms with Crippen molar-refractivity contribution in [2.24, 2.45) is 0 Å². The molecule has 1 spiro atoms. The highest BCUT2D eigenvalue weighted by atomic mass is 32.2. The molecule has 1 saturated carbocycles. The number of hydrogen-bond donors (Lipinski definition) is 2. The van der Waals surface area contributed by atoms with Crippen molar-refractivity contribution in [3.8, 4) is 0 Å². The number of aryl methyl sites for hydroxylation is 2. The summed E-state index contributed by atoms with van der Waals surface area (Å²) in [4.78, 5) is 38.0. The molecule has 0 radical (unpaired) electrons. The maximum absolute atomic E-state index is 12.6. The zero-order valence-electron chi connectivity index (χ0n) is 14.6. The van der Waals surface area contributed by atoms with E-state index in [1.807, 2.05) is 26.0 Å². The maximum atomic E-state index is 12.6. The molecular weight excluding hydrogens is 338 g/mol. The van der Waals surface area contributed by atoms with E-state index in [4.69, 9.17) is 0 Å². The summed E-state index contributed by atoms with van der Waals surface area (Å²) < 4.78 is 0. The van der Waals surface area contributed by atoms with Crippen molar-refractivity contribution >= 4 is 29.6 Å². The quantitative estimate of drug-likeness (QED) is 0.638. The lowest BCUT2D eigenvalue weighted by Crippen LogP contribution is -2.51. The molecule has 1 aromatic carbocycles. The highest BCUT2D eigenvalue weighted by Crippen LogP contribution is 2.33. The maximum Gasteiger partial charge on any atom is 0.344 e. The lowest BCUT2D eigenvalue weighted by Gasteiger charge is -2.30. The van der Waals surface area contributed by atoms with Crippen molar-refractivity contribution in [1.29, 1.82) is 0 Å². The van der Waals surface area contributed by atoms with Crippen molar-refractivity contribution in [1.82, 2.24) is 15.8 Å². The van der Waals surface area contributed by atoms with Crippen LogP contribution in [-0.2, 0) is 9.59 Å². The lowest BCUT2D eigenvalue weighted by molar-refractivity contribution is -0.139. The third kappa shape index (κ3) is 3.66. The van der Waals surface area contributed by atoms with Gasteiger partial charge in [0.2, 0.25) is 5.91 Å². The van der Waals surface area contributed by atoms with Crippen molar-refractivity contribution in [2.45, 2.75) is 56.4 Å². The Hall–Kier alpha value is -2.02. The molecule has 1 saturated heterocycles. The first-order chi connectivity index (χ1) is 11.9. The lowest BCUT2D eigenvalue weighted by atomic mass is 9.82. The zero-order valence-corrected chi connectivity index (χ0v) is 15.4. The molecule has 0 atom stereocenters. The summed E-state index contributed by atoms with van der Waals surface area (Å²) in [5.74, 6) is -0.545. The fourth-order valence-corrected chi connectivity index (χ4v) is 4.28. The number of carbonyl (C=O) groups is 3. The summed E-state index contributed by atoms with van der Waals surface area (Å²) in [6.45, 7) is 4.02. The predicted octanol–water partition coefficient (Wildman–Crippen LogP) is 2.68. The summed E-state index contributed by atoms with van der Waals surface area (Å²) in [7, 11) is 0. The number of carbonyl (C=O) groups excluding carboxylic acids is 3. The second-order valence-corrected chi connectivity index (χ2v) is 7.82. The van der Waals surface area contributed by atoms with Crippen LogP contribution in [0.1, 0.15) is 43.2 Å². The van der Waals surface area contributed by atoms with Gasteiger partial charge in [-0.3, -0.25) is 15.0 Å². The average molecular weight is 361 g/mol. The van der Waals surface area contributed by atoms with E-state index in [-0.39, 0.29) is 17.6 Å². The van der Waals surface area contributed by atoms with Crippen LogP contribution in [0.15, 0.2) is 23.1 Å². The Kier molecular flexibility index (Phi) is 5.03. The topological polar surface area (TPSA) is 78.5 Å². The van der Waals surface area contributed by atoms with E-state index in [2.05, 4.69) is 16.8 Å². The van der Waals surface area contributed by atoms with Gasteiger partial charge in [-0.25, -0.2) is 4.79 Å². The van der Waals surface area contributed by atoms with Crippen molar-refractivity contribution in [2.75, 3.05) is 5.75 Å². The first-order valence-corrected chi connectivity index (χ1v) is 9.56. The molecule has 2 fully saturated rings. The molecule has 0 aromatic heterocycles. The monoisotopic (exact) mass is 361 g/mol. The molecule has 2 N–H and O–H groups in total. The number of amides is 4. The third-order valence-corrected chi connectivity index (χ3v) is 5.97. The van der Waals surface area contributed by atoms with Crippen LogP contribution in [0.5, 0.6) is 0 Å². The Morgan fingerprint density at radius 1 is 1.24 bits per heavy atom. The van der Waals surface area contributed by atoms with E-state index in [0.717, 1.165) is 34.7 Å². The van der Waals surface area contributed by atoms with Crippen LogP contribution >= 0.6 is 11.8 Å². The first kappa shape index (κ1) is 17.8. The standard InChI is InChI=1S/C18H23N3O3S/c1-12-6-7-14(13(2)10-12)25-11-15(22)20-21-16(23)18(19-17(21)24)8-4-3-5-9-18/h6-7,10H,3-5,8-9,11H2,1-2H3,(H,19,24)(H,20,22). The Bertz CT molecular complexity index is 714. The number of nitrogens with zero attached hydrogens (tertiary/aromatic N) is 1. The Morgan fingerprint density at radius 3 is 2.64 bits per heavy atom. The summed E-state index contributed by atoms with van der Waals surface area (Å²) in [5, 5.41) is 3.64. The molecule has 2 aliphatic rings. The van der Waals surface area contributed by atoms with Crippen LogP contribution in [0, 0.1) is 13.8 Å². The minimum atomic E-state index is -0.816. The van der Waals surface area contributed by atoms with Gasteiger partial charge in [0.15, 0.2) is 0 Å². The van der Waals surface area contributed by atoms with Crippen LogP contribution in [0.25, 0.3) is 0 Å². The van der Waals surface area contributed by atoms with Gasteiger partial charge in [0, 0.05) is 4.90 Å². The molecule has 1 aromatic rings. The zero-order chi connectivity index (χ0) is 18.0. The van der Waals surface area contributed by atoms with E-state index in [1.165, 1.54) is 17.3 Å². The normalized spacial score (nSPS) is 19.2. The SMILES string of the molecule is Cc1ccc(SCC(=O)NN2C(=O)NC3(CCCCC3)C2=O)c(C)c1. The molecule has 1 aliphatic carbocycles. The second-order valence-electron chi connectivity index (χ2n) is 6.81. The summed E-state index contributed by atoms with van der Waals surface area (Å²) >= 11 is 1.40. The molecule has 4 amide bonds. The Labute approximate surface area is 151 Å². The largest absolute Gasteiger partial charge is 0.344 e. The van der Waals surface area contributed by atoms with Gasteiger partial charge >= 0.3 is 6.03 Å². The number of hydrazine groups is 1. The summed E-state index contributed by atoms with van der Waals surface area (Å²) in [5.41, 5.74) is 3.92. The minimum Gasteiger partial charge on any atom is -0.322 e. The number of rotatable bonds is 4. The molecule has 0 unspecified atom stereocenters. The van der Waals surface area contributed by atoms with E-state index in [1.54, 1.807) is 0 Å². The average Bonchev–Trinajstić information content (AvgIpc) is 2.79. The predicted molar refractivity (Wildman–Crippen MR) is 96.0 cm³/mol. The van der Waals surface area contributed by atoms with E-state index in [9.17, 15) is 14.4 Å². The molecular formula is C18H23N3O3S. The van der Waals surface area contributed by atoms with Crippen LogP contribution in [-0.4, -0.2) is 34.1 Å². The Balaban J connectivity index is 1.59. The number of imide groups is 1. The summed E-state index contributed by atoms with van der Waals surface area (Å²) in [6, 6.07) is 5.51. The van der Waals surface area contributed by atoms with Crippen LogP contribution in [0.3, 0.4) is 0 Å². The van der Waals surface area contributed by atoms with Gasteiger partial charge in [-0.1, -0.05) is 37.0 Å². The number of urea groups is 1. The van der Waals surface area contributed by atoms with Gasteiger partial charge in [-0.15, -0.1) is 11.8 Å². The van der Waals surface area contributed by atoms with Gasteiger partial charge in [-0.2, -0.15) is 5.01 Å². The van der Waals surface area contributed by atoms with Crippen LogP contribution in [0.4, 0.5) is 4.79 Å². The number of nitrogens with one attached hydrogen (secondary N) is 2. The number of thioether (sulfide) groups is 1. The molecule has 6 nitrogen and oxygen atoms in total. The van der Waals surface area contributed by atoms with Crippen LogP contribution < -0.4 is 10.7 Å². The second kappa shape index (κ2) is 7.07. The van der Waals surface area contributed by atoms with Gasteiger partial charge in [0.25, 0.3) is 5.91 Å². The van der Waals surface area contributed by atoms with Crippen LogP contribution in [0.2, 0.25) is 0 Å². The molecule has 0 bridgehead atoms. The highest BCUT2D eigenvalue weighted by Gasteiger charge is 2.52. The van der Waals surface area contributed by atoms with E-state index >= 15 is 0 Å². The third-order valence-electron chi connectivity index (χ3n) is 4.79. The van der Waals surface area contributed by atoms with Gasteiger partial charge in [0.1, 0.15) is 5.54 Å². The smallest absolute Gasteiger partial charge is 0.322 e. The number of hydrogen-bond acceptors (Lipinski definition) is 4. The first-order valence-electron chi connectivity index (χ1n) is 8.57. The van der Waals surface area contributed by atoms with Crippen molar-refractivity contribution < 1.29 is 14.4 Å². The molecule has 7 heteroatoms. The Morgan fingerprint density at radius 2 is 1.96 bits per heavy atom. The number of benzene rings is 1. The van der Waals surface area contributed by atoms with Gasteiger partial charge in [0.05, 0.1) is 5.75 Å². The molecule has 25 heavy (non-hydrogen) atoms. The fraction of sp³-hybridized carbons (Fsp3) is 0.500. The van der Waals surface area contributed by atoms with Crippen molar-refractivity contribution in [3.63, 3.8) is 0 Å². The van der Waals surface area contributed by atoms with Crippen molar-refractivity contribution in [3.05, 3.63) is 29.3 Å². The highest BCUT2D eigenvalue weighted by molar-refractivity contribution is 8.00. The van der Waals surface area contributed by atoms with E-state index < -0.39 is 11.6 Å². The minimum absolute atomic E-state index is 0.147. The van der Waals surface area contributed by atoms with Gasteiger partial charge < -0.3 is 5.32 Å². The molecule has 1 heterocycles. The molecule has 134 valence electrons. The summed E-state index contributed by atoms with van der Waals surface area (Å²) in [6.07, 6.45) is 4.18. The molecule has 1 aliphatic heterocycles. The fourth-order valence-electron chi connectivity index (χ4n) is 3.48. The van der Waals surface area contributed by atoms with E-state index in [0.29, 0.717) is 12.8 Å². The molecule has 3 rings (SSSR count).